The van der Waals surface area contributed by atoms with Crippen LogP contribution in [0.25, 0.3) is 16.9 Å². The van der Waals surface area contributed by atoms with Gasteiger partial charge in [0.25, 0.3) is 5.91 Å². The largest absolute Gasteiger partial charge is 0.478 e. The topological polar surface area (TPSA) is 74.1 Å². The SMILES string of the molecule is CCN(C)CCN(CC)C(=O)c1ccc(Nc2ccc(-c3ccc4c(c3)CNCO4)n3ccnc23)cc1. The molecule has 3 heterocycles. The number of nitrogens with zero attached hydrogens (tertiary/aromatic N) is 4. The molecular formula is C29H34N6O2. The van der Waals surface area contributed by atoms with Crippen molar-refractivity contribution in [3.05, 3.63) is 78.1 Å². The number of anilines is 2. The third-order valence-corrected chi connectivity index (χ3v) is 6.92. The minimum atomic E-state index is 0.0594. The van der Waals surface area contributed by atoms with Crippen molar-refractivity contribution in [1.29, 1.82) is 0 Å². The standard InChI is InChI=1S/C29H34N6O2/c1-4-33(3)16-17-34(5-2)29(36)21-6-9-24(10-7-21)32-25-11-12-26(35-15-14-31-28(25)35)22-8-13-27-23(18-22)19-30-20-37-27/h6-15,18,30,32H,4-5,16-17,19-20H2,1-3H3. The molecule has 0 fully saturated rings. The Balaban J connectivity index is 1.33. The molecule has 5 rings (SSSR count). The molecule has 8 nitrogen and oxygen atoms in total. The summed E-state index contributed by atoms with van der Waals surface area (Å²) in [5, 5.41) is 6.72. The predicted molar refractivity (Wildman–Crippen MR) is 147 cm³/mol. The fourth-order valence-corrected chi connectivity index (χ4v) is 4.57. The van der Waals surface area contributed by atoms with Crippen molar-refractivity contribution in [2.75, 3.05) is 45.3 Å². The molecule has 1 aliphatic heterocycles. The van der Waals surface area contributed by atoms with Crippen LogP contribution in [0.5, 0.6) is 5.75 Å². The zero-order valence-electron chi connectivity index (χ0n) is 21.7. The van der Waals surface area contributed by atoms with Crippen LogP contribution in [0.3, 0.4) is 0 Å². The number of carbonyl (C=O) groups excluding carboxylic acids is 1. The van der Waals surface area contributed by atoms with Gasteiger partial charge in [0, 0.05) is 55.4 Å². The van der Waals surface area contributed by atoms with Gasteiger partial charge in [-0.05, 0) is 80.7 Å². The first-order valence-electron chi connectivity index (χ1n) is 12.8. The van der Waals surface area contributed by atoms with Gasteiger partial charge in [-0.3, -0.25) is 14.5 Å². The van der Waals surface area contributed by atoms with Crippen molar-refractivity contribution in [1.82, 2.24) is 24.5 Å². The molecule has 0 aliphatic carbocycles. The summed E-state index contributed by atoms with van der Waals surface area (Å²) in [4.78, 5) is 21.7. The number of hydrogen-bond donors (Lipinski definition) is 2. The highest BCUT2D eigenvalue weighted by Gasteiger charge is 2.16. The number of rotatable bonds is 9. The number of amides is 1. The summed E-state index contributed by atoms with van der Waals surface area (Å²) in [6.07, 6.45) is 3.78. The lowest BCUT2D eigenvalue weighted by atomic mass is 10.1. The molecule has 4 aromatic rings. The monoisotopic (exact) mass is 498 g/mol. The molecule has 0 saturated heterocycles. The van der Waals surface area contributed by atoms with E-state index in [4.69, 9.17) is 4.74 Å². The van der Waals surface area contributed by atoms with E-state index in [-0.39, 0.29) is 5.91 Å². The number of fused-ring (bicyclic) bond motifs is 2. The molecule has 0 saturated carbocycles. The molecule has 2 aromatic heterocycles. The normalized spacial score (nSPS) is 12.9. The van der Waals surface area contributed by atoms with Crippen LogP contribution in [-0.2, 0) is 6.54 Å². The second-order valence-electron chi connectivity index (χ2n) is 9.27. The summed E-state index contributed by atoms with van der Waals surface area (Å²) >= 11 is 0. The Morgan fingerprint density at radius 3 is 2.70 bits per heavy atom. The van der Waals surface area contributed by atoms with Gasteiger partial charge in [0.2, 0.25) is 0 Å². The van der Waals surface area contributed by atoms with Crippen LogP contribution in [0.2, 0.25) is 0 Å². The molecule has 0 bridgehead atoms. The third-order valence-electron chi connectivity index (χ3n) is 6.92. The van der Waals surface area contributed by atoms with Crippen LogP contribution in [0.15, 0.2) is 67.0 Å². The minimum absolute atomic E-state index is 0.0594. The quantitative estimate of drug-likeness (QED) is 0.351. The number of ether oxygens (including phenoxy) is 1. The summed E-state index contributed by atoms with van der Waals surface area (Å²) in [6, 6.07) is 18.1. The van der Waals surface area contributed by atoms with Crippen LogP contribution < -0.4 is 15.4 Å². The number of pyridine rings is 1. The van der Waals surface area contributed by atoms with Crippen LogP contribution >= 0.6 is 0 Å². The minimum Gasteiger partial charge on any atom is -0.478 e. The average Bonchev–Trinajstić information content (AvgIpc) is 3.44. The Morgan fingerprint density at radius 1 is 1.08 bits per heavy atom. The molecule has 8 heteroatoms. The van der Waals surface area contributed by atoms with Gasteiger partial charge in [0.1, 0.15) is 12.5 Å². The average molecular weight is 499 g/mol. The van der Waals surface area contributed by atoms with E-state index in [1.54, 1.807) is 0 Å². The Kier molecular flexibility index (Phi) is 7.39. The number of benzene rings is 2. The Bertz CT molecular complexity index is 1380. The third kappa shape index (κ3) is 5.30. The lowest BCUT2D eigenvalue weighted by Crippen LogP contribution is -2.37. The molecule has 0 spiro atoms. The Hall–Kier alpha value is -3.88. The highest BCUT2D eigenvalue weighted by Crippen LogP contribution is 2.31. The van der Waals surface area contributed by atoms with Gasteiger partial charge >= 0.3 is 0 Å². The number of nitrogens with one attached hydrogen (secondary N) is 2. The lowest BCUT2D eigenvalue weighted by molar-refractivity contribution is 0.0751. The Labute approximate surface area is 217 Å². The highest BCUT2D eigenvalue weighted by molar-refractivity contribution is 5.94. The van der Waals surface area contributed by atoms with Gasteiger partial charge < -0.3 is 19.9 Å². The van der Waals surface area contributed by atoms with Crippen molar-refractivity contribution in [2.24, 2.45) is 0 Å². The molecule has 0 unspecified atom stereocenters. The van der Waals surface area contributed by atoms with Crippen molar-refractivity contribution in [3.63, 3.8) is 0 Å². The molecule has 2 aromatic carbocycles. The summed E-state index contributed by atoms with van der Waals surface area (Å²) in [5.41, 5.74) is 6.64. The van der Waals surface area contributed by atoms with Gasteiger partial charge in [-0.25, -0.2) is 4.98 Å². The molecule has 192 valence electrons. The van der Waals surface area contributed by atoms with E-state index in [0.717, 1.165) is 65.8 Å². The maximum Gasteiger partial charge on any atom is 0.253 e. The summed E-state index contributed by atoms with van der Waals surface area (Å²) < 4.78 is 7.76. The van der Waals surface area contributed by atoms with E-state index in [1.165, 1.54) is 0 Å². The van der Waals surface area contributed by atoms with Crippen molar-refractivity contribution >= 4 is 22.9 Å². The van der Waals surface area contributed by atoms with E-state index in [9.17, 15) is 4.79 Å². The molecular weight excluding hydrogens is 464 g/mol. The fraction of sp³-hybridized carbons (Fsp3) is 0.310. The smallest absolute Gasteiger partial charge is 0.253 e. The predicted octanol–water partition coefficient (Wildman–Crippen LogP) is 4.60. The second kappa shape index (κ2) is 11.0. The van der Waals surface area contributed by atoms with Crippen LogP contribution in [0.1, 0.15) is 29.8 Å². The van der Waals surface area contributed by atoms with Crippen LogP contribution in [0, 0.1) is 0 Å². The van der Waals surface area contributed by atoms with E-state index >= 15 is 0 Å². The number of hydrogen-bond acceptors (Lipinski definition) is 6. The molecule has 1 aliphatic rings. The molecule has 2 N–H and O–H groups in total. The molecule has 0 radical (unpaired) electrons. The van der Waals surface area contributed by atoms with Crippen LogP contribution in [0.4, 0.5) is 11.4 Å². The van der Waals surface area contributed by atoms with Crippen molar-refractivity contribution in [3.8, 4) is 17.0 Å². The van der Waals surface area contributed by atoms with Crippen molar-refractivity contribution < 1.29 is 9.53 Å². The van der Waals surface area contributed by atoms with Gasteiger partial charge in [-0.1, -0.05) is 6.92 Å². The maximum absolute atomic E-state index is 13.0. The van der Waals surface area contributed by atoms with E-state index in [1.807, 2.05) is 60.6 Å². The van der Waals surface area contributed by atoms with Gasteiger partial charge in [-0.2, -0.15) is 0 Å². The first kappa shape index (κ1) is 24.8. The summed E-state index contributed by atoms with van der Waals surface area (Å²) in [6.45, 7) is 8.72. The van der Waals surface area contributed by atoms with E-state index in [0.29, 0.717) is 18.8 Å². The zero-order chi connectivity index (χ0) is 25.8. The van der Waals surface area contributed by atoms with E-state index < -0.39 is 0 Å². The molecule has 0 atom stereocenters. The first-order chi connectivity index (χ1) is 18.1. The highest BCUT2D eigenvalue weighted by atomic mass is 16.5. The summed E-state index contributed by atoms with van der Waals surface area (Å²) in [7, 11) is 2.07. The van der Waals surface area contributed by atoms with Crippen molar-refractivity contribution in [2.45, 2.75) is 20.4 Å². The lowest BCUT2D eigenvalue weighted by Gasteiger charge is -2.24. The van der Waals surface area contributed by atoms with Crippen LogP contribution in [-0.4, -0.2) is 65.0 Å². The second-order valence-corrected chi connectivity index (χ2v) is 9.27. The Morgan fingerprint density at radius 2 is 1.92 bits per heavy atom. The fourth-order valence-electron chi connectivity index (χ4n) is 4.57. The van der Waals surface area contributed by atoms with E-state index in [2.05, 4.69) is 57.1 Å². The summed E-state index contributed by atoms with van der Waals surface area (Å²) in [5.74, 6) is 0.990. The maximum atomic E-state index is 13.0. The zero-order valence-corrected chi connectivity index (χ0v) is 21.7. The van der Waals surface area contributed by atoms with Gasteiger partial charge in [0.15, 0.2) is 5.65 Å². The first-order valence-corrected chi connectivity index (χ1v) is 12.8. The number of likely N-dealkylation sites (N-methyl/N-ethyl adjacent to an activating group) is 2. The number of aromatic nitrogens is 2. The number of imidazole rings is 1. The number of carbonyl (C=O) groups is 1. The van der Waals surface area contributed by atoms with Gasteiger partial charge in [0.05, 0.1) is 11.4 Å². The molecule has 37 heavy (non-hydrogen) atoms. The molecule has 1 amide bonds. The van der Waals surface area contributed by atoms with Gasteiger partial charge in [-0.15, -0.1) is 0 Å².